The highest BCUT2D eigenvalue weighted by atomic mass is 32.1. The van der Waals surface area contributed by atoms with Crippen LogP contribution in [0.25, 0.3) is 15.7 Å². The molecule has 0 atom stereocenters. The molecule has 27 heavy (non-hydrogen) atoms. The van der Waals surface area contributed by atoms with Crippen molar-refractivity contribution in [2.45, 2.75) is 19.9 Å². The highest BCUT2D eigenvalue weighted by Crippen LogP contribution is 2.24. The van der Waals surface area contributed by atoms with Crippen LogP contribution in [0.4, 0.5) is 0 Å². The molecule has 4 rings (SSSR count). The van der Waals surface area contributed by atoms with E-state index >= 15 is 0 Å². The number of rotatable bonds is 6. The van der Waals surface area contributed by atoms with Crippen LogP contribution in [0, 0.1) is 0 Å². The third kappa shape index (κ3) is 3.62. The molecule has 1 amide bonds. The Balaban J connectivity index is 1.48. The molecule has 1 fully saturated rings. The van der Waals surface area contributed by atoms with E-state index < -0.39 is 0 Å². The number of morpholine rings is 1. The lowest BCUT2D eigenvalue weighted by molar-refractivity contribution is -0.122. The lowest BCUT2D eigenvalue weighted by atomic mass is 10.4. The molecule has 1 N–H and O–H groups in total. The van der Waals surface area contributed by atoms with Gasteiger partial charge in [-0.25, -0.2) is 4.68 Å². The van der Waals surface area contributed by atoms with Crippen molar-refractivity contribution in [1.82, 2.24) is 24.4 Å². The van der Waals surface area contributed by atoms with Gasteiger partial charge in [0.05, 0.1) is 23.4 Å². The summed E-state index contributed by atoms with van der Waals surface area (Å²) in [5, 5.41) is 9.33. The molecule has 144 valence electrons. The van der Waals surface area contributed by atoms with E-state index in [-0.39, 0.29) is 18.0 Å². The van der Waals surface area contributed by atoms with Crippen LogP contribution in [-0.2, 0) is 22.5 Å². The summed E-state index contributed by atoms with van der Waals surface area (Å²) in [7, 11) is 0. The summed E-state index contributed by atoms with van der Waals surface area (Å²) in [5.74, 6) is 0.580. The van der Waals surface area contributed by atoms with Crippen LogP contribution in [0.3, 0.4) is 0 Å². The molecule has 9 heteroatoms. The fourth-order valence-electron chi connectivity index (χ4n) is 3.43. The summed E-state index contributed by atoms with van der Waals surface area (Å²) >= 11 is 1.60. The number of nitrogens with zero attached hydrogens (tertiary/aromatic N) is 4. The Morgan fingerprint density at radius 3 is 2.93 bits per heavy atom. The van der Waals surface area contributed by atoms with Gasteiger partial charge in [0, 0.05) is 32.6 Å². The third-order valence-electron chi connectivity index (χ3n) is 4.83. The molecule has 0 saturated carbocycles. The highest BCUT2D eigenvalue weighted by Gasteiger charge is 2.16. The number of hydrogen-bond donors (Lipinski definition) is 1. The first-order chi connectivity index (χ1) is 13.2. The second-order valence-electron chi connectivity index (χ2n) is 6.57. The first kappa shape index (κ1) is 18.1. The number of aromatic nitrogens is 3. The Labute approximate surface area is 160 Å². The van der Waals surface area contributed by atoms with Crippen molar-refractivity contribution in [3.8, 4) is 0 Å². The van der Waals surface area contributed by atoms with E-state index in [0.29, 0.717) is 18.5 Å². The zero-order chi connectivity index (χ0) is 18.8. The van der Waals surface area contributed by atoms with Gasteiger partial charge in [0.2, 0.25) is 5.91 Å². The number of carbonyl (C=O) groups excluding carboxylic acids is 1. The fourth-order valence-corrected chi connectivity index (χ4v) is 4.23. The second kappa shape index (κ2) is 7.79. The minimum absolute atomic E-state index is 0.0652. The number of aryl methyl sites for hydroxylation is 1. The van der Waals surface area contributed by atoms with Gasteiger partial charge in [-0.2, -0.15) is 5.10 Å². The van der Waals surface area contributed by atoms with E-state index in [2.05, 4.69) is 15.3 Å². The molecule has 8 nitrogen and oxygen atoms in total. The molecule has 1 aliphatic rings. The van der Waals surface area contributed by atoms with E-state index in [1.807, 2.05) is 28.8 Å². The normalized spacial score (nSPS) is 15.6. The van der Waals surface area contributed by atoms with Gasteiger partial charge in [-0.3, -0.25) is 18.9 Å². The smallest absolute Gasteiger partial charge is 0.291 e. The SMILES string of the molecule is CCc1nn(CC(=O)NCCN2CCOCC2)c(=O)c2cc3sccc3n12. The molecule has 3 aromatic rings. The minimum Gasteiger partial charge on any atom is -0.379 e. The largest absolute Gasteiger partial charge is 0.379 e. The monoisotopic (exact) mass is 389 g/mol. The number of carbonyl (C=O) groups is 1. The number of nitrogens with one attached hydrogen (secondary N) is 1. The van der Waals surface area contributed by atoms with Gasteiger partial charge in [-0.1, -0.05) is 6.92 Å². The van der Waals surface area contributed by atoms with E-state index in [1.54, 1.807) is 11.3 Å². The van der Waals surface area contributed by atoms with Crippen molar-refractivity contribution in [2.75, 3.05) is 39.4 Å². The van der Waals surface area contributed by atoms with E-state index in [4.69, 9.17) is 4.74 Å². The van der Waals surface area contributed by atoms with Crippen LogP contribution >= 0.6 is 11.3 Å². The van der Waals surface area contributed by atoms with Gasteiger partial charge in [-0.05, 0) is 17.5 Å². The van der Waals surface area contributed by atoms with Crippen molar-refractivity contribution in [2.24, 2.45) is 0 Å². The van der Waals surface area contributed by atoms with Gasteiger partial charge < -0.3 is 10.1 Å². The van der Waals surface area contributed by atoms with Crippen LogP contribution in [0.1, 0.15) is 12.7 Å². The summed E-state index contributed by atoms with van der Waals surface area (Å²) in [6, 6.07) is 3.88. The molecule has 0 bridgehead atoms. The average Bonchev–Trinajstić information content (AvgIpc) is 3.26. The maximum atomic E-state index is 12.8. The van der Waals surface area contributed by atoms with Crippen molar-refractivity contribution in [3.63, 3.8) is 0 Å². The maximum absolute atomic E-state index is 12.8. The number of thiophene rings is 1. The summed E-state index contributed by atoms with van der Waals surface area (Å²) < 4.78 is 9.55. The van der Waals surface area contributed by atoms with E-state index in [1.165, 1.54) is 4.68 Å². The van der Waals surface area contributed by atoms with Gasteiger partial charge in [0.1, 0.15) is 17.9 Å². The zero-order valence-electron chi connectivity index (χ0n) is 15.3. The molecule has 0 unspecified atom stereocenters. The van der Waals surface area contributed by atoms with Gasteiger partial charge in [-0.15, -0.1) is 11.3 Å². The summed E-state index contributed by atoms with van der Waals surface area (Å²) in [6.07, 6.45) is 0.676. The molecule has 3 aromatic heterocycles. The molecular weight excluding hydrogens is 366 g/mol. The van der Waals surface area contributed by atoms with Crippen LogP contribution in [0.2, 0.25) is 0 Å². The van der Waals surface area contributed by atoms with Crippen molar-refractivity contribution >= 4 is 33.0 Å². The van der Waals surface area contributed by atoms with Crippen LogP contribution in [-0.4, -0.2) is 64.4 Å². The second-order valence-corrected chi connectivity index (χ2v) is 7.52. The lowest BCUT2D eigenvalue weighted by Gasteiger charge is -2.26. The van der Waals surface area contributed by atoms with Crippen molar-refractivity contribution < 1.29 is 9.53 Å². The quantitative estimate of drug-likeness (QED) is 0.672. The number of fused-ring (bicyclic) bond motifs is 3. The van der Waals surface area contributed by atoms with Crippen LogP contribution < -0.4 is 10.9 Å². The van der Waals surface area contributed by atoms with Gasteiger partial charge in [0.15, 0.2) is 0 Å². The van der Waals surface area contributed by atoms with Crippen molar-refractivity contribution in [1.29, 1.82) is 0 Å². The third-order valence-corrected chi connectivity index (χ3v) is 5.69. The van der Waals surface area contributed by atoms with Gasteiger partial charge >= 0.3 is 0 Å². The Hall–Kier alpha value is -2.23. The van der Waals surface area contributed by atoms with E-state index in [9.17, 15) is 9.59 Å². The predicted molar refractivity (Wildman–Crippen MR) is 104 cm³/mol. The van der Waals surface area contributed by atoms with Crippen molar-refractivity contribution in [3.05, 3.63) is 33.7 Å². The molecule has 1 saturated heterocycles. The zero-order valence-corrected chi connectivity index (χ0v) is 16.1. The summed E-state index contributed by atoms with van der Waals surface area (Å²) in [4.78, 5) is 27.4. The Bertz CT molecular complexity index is 1020. The summed E-state index contributed by atoms with van der Waals surface area (Å²) in [5.41, 5.74) is 1.34. The Kier molecular flexibility index (Phi) is 5.24. The standard InChI is InChI=1S/C18H23N5O3S/c1-2-16-20-22(12-17(24)19-4-5-21-6-8-26-9-7-21)18(25)14-11-15-13(23(14)16)3-10-27-15/h3,10-11H,2,4-9,12H2,1H3,(H,19,24). The lowest BCUT2D eigenvalue weighted by Crippen LogP contribution is -2.42. The molecule has 1 aliphatic heterocycles. The minimum atomic E-state index is -0.237. The number of ether oxygens (including phenoxy) is 1. The Morgan fingerprint density at radius 2 is 2.15 bits per heavy atom. The molecule has 0 spiro atoms. The first-order valence-electron chi connectivity index (χ1n) is 9.23. The van der Waals surface area contributed by atoms with Crippen LogP contribution in [0.5, 0.6) is 0 Å². The highest BCUT2D eigenvalue weighted by molar-refractivity contribution is 7.17. The maximum Gasteiger partial charge on any atom is 0.291 e. The molecular formula is C18H23N5O3S. The number of amides is 1. The molecule has 0 aromatic carbocycles. The van der Waals surface area contributed by atoms with E-state index in [0.717, 1.165) is 48.9 Å². The van der Waals surface area contributed by atoms with Gasteiger partial charge in [0.25, 0.3) is 5.56 Å². The first-order valence-corrected chi connectivity index (χ1v) is 10.1. The fraction of sp³-hybridized carbons (Fsp3) is 0.500. The molecule has 4 heterocycles. The Morgan fingerprint density at radius 1 is 1.33 bits per heavy atom. The molecule has 0 aliphatic carbocycles. The molecule has 0 radical (unpaired) electrons. The predicted octanol–water partition coefficient (Wildman–Crippen LogP) is 0.722. The topological polar surface area (TPSA) is 80.9 Å². The summed E-state index contributed by atoms with van der Waals surface area (Å²) in [6.45, 7) is 6.52. The van der Waals surface area contributed by atoms with Crippen LogP contribution in [0.15, 0.2) is 22.3 Å². The average molecular weight is 389 g/mol. The number of hydrogen-bond acceptors (Lipinski definition) is 6.